The highest BCUT2D eigenvalue weighted by atomic mass is 15.2. The lowest BCUT2D eigenvalue weighted by molar-refractivity contribution is 0.304. The van der Waals surface area contributed by atoms with E-state index in [2.05, 4.69) is 72.2 Å². The molecule has 31 heavy (non-hydrogen) atoms. The standard InChI is InChI=1S/C29H38N2/c1-3-5-7-9-25-10-12-26(13-11-25)22-30-31-23-27-16-20-29(21-17-27)28-18-14-24(15-19-28)8-6-4-2/h3,10-13,16-17,20-24,28H,1,4-9,14-15,18-19H2,2H3/b30-22+,31-23+. The molecule has 2 aromatic carbocycles. The predicted octanol–water partition coefficient (Wildman–Crippen LogP) is 8.11. The Hall–Kier alpha value is -2.48. The van der Waals surface area contributed by atoms with Crippen molar-refractivity contribution in [1.82, 2.24) is 0 Å². The number of hydrogen-bond acceptors (Lipinski definition) is 2. The van der Waals surface area contributed by atoms with E-state index in [1.807, 2.05) is 18.5 Å². The fraction of sp³-hybridized carbons (Fsp3) is 0.448. The Morgan fingerprint density at radius 3 is 2.03 bits per heavy atom. The average Bonchev–Trinajstić information content (AvgIpc) is 2.82. The van der Waals surface area contributed by atoms with Crippen LogP contribution in [0.15, 0.2) is 71.4 Å². The molecule has 0 radical (unpaired) electrons. The van der Waals surface area contributed by atoms with Gasteiger partial charge >= 0.3 is 0 Å². The largest absolute Gasteiger partial charge is 0.159 e. The van der Waals surface area contributed by atoms with Gasteiger partial charge in [0.1, 0.15) is 0 Å². The maximum absolute atomic E-state index is 4.23. The molecule has 1 aliphatic rings. The van der Waals surface area contributed by atoms with Gasteiger partial charge in [0.15, 0.2) is 0 Å². The summed E-state index contributed by atoms with van der Waals surface area (Å²) in [5, 5.41) is 8.45. The molecule has 0 aromatic heterocycles. The normalized spacial score (nSPS) is 19.3. The van der Waals surface area contributed by atoms with Gasteiger partial charge < -0.3 is 0 Å². The lowest BCUT2D eigenvalue weighted by Gasteiger charge is -2.28. The zero-order chi connectivity index (χ0) is 21.7. The lowest BCUT2D eigenvalue weighted by atomic mass is 9.77. The monoisotopic (exact) mass is 414 g/mol. The van der Waals surface area contributed by atoms with Gasteiger partial charge in [-0.25, -0.2) is 0 Å². The number of unbranched alkanes of at least 4 members (excludes halogenated alkanes) is 2. The number of nitrogens with zero attached hydrogens (tertiary/aromatic N) is 2. The van der Waals surface area contributed by atoms with Gasteiger partial charge in [0, 0.05) is 0 Å². The molecule has 2 aromatic rings. The lowest BCUT2D eigenvalue weighted by Crippen LogP contribution is -2.13. The molecular formula is C29H38N2. The van der Waals surface area contributed by atoms with Crippen LogP contribution in [-0.4, -0.2) is 12.4 Å². The third-order valence-electron chi connectivity index (χ3n) is 6.55. The van der Waals surface area contributed by atoms with Crippen molar-refractivity contribution < 1.29 is 0 Å². The molecule has 1 fully saturated rings. The Morgan fingerprint density at radius 1 is 0.839 bits per heavy atom. The van der Waals surface area contributed by atoms with Crippen molar-refractivity contribution in [3.8, 4) is 0 Å². The van der Waals surface area contributed by atoms with E-state index < -0.39 is 0 Å². The first-order valence-electron chi connectivity index (χ1n) is 12.1. The summed E-state index contributed by atoms with van der Waals surface area (Å²) in [6.45, 7) is 6.07. The van der Waals surface area contributed by atoms with Crippen LogP contribution in [-0.2, 0) is 6.42 Å². The fourth-order valence-electron chi connectivity index (χ4n) is 4.55. The van der Waals surface area contributed by atoms with Crippen molar-refractivity contribution in [2.75, 3.05) is 0 Å². The van der Waals surface area contributed by atoms with E-state index in [0.29, 0.717) is 0 Å². The number of hydrogen-bond donors (Lipinski definition) is 0. The van der Waals surface area contributed by atoms with Crippen molar-refractivity contribution in [3.63, 3.8) is 0 Å². The maximum atomic E-state index is 4.23. The summed E-state index contributed by atoms with van der Waals surface area (Å²) in [7, 11) is 0. The highest BCUT2D eigenvalue weighted by Gasteiger charge is 2.21. The number of aryl methyl sites for hydroxylation is 1. The Balaban J connectivity index is 1.45. The summed E-state index contributed by atoms with van der Waals surface area (Å²) in [5.74, 6) is 1.70. The van der Waals surface area contributed by atoms with Crippen LogP contribution < -0.4 is 0 Å². The van der Waals surface area contributed by atoms with E-state index in [4.69, 9.17) is 0 Å². The second-order valence-electron chi connectivity index (χ2n) is 8.94. The summed E-state index contributed by atoms with van der Waals surface area (Å²) in [6.07, 6.45) is 18.6. The molecule has 164 valence electrons. The number of rotatable bonds is 11. The molecule has 3 rings (SSSR count). The summed E-state index contributed by atoms with van der Waals surface area (Å²) in [5.41, 5.74) is 5.03. The van der Waals surface area contributed by atoms with Gasteiger partial charge in [0.25, 0.3) is 0 Å². The molecule has 1 aliphatic carbocycles. The minimum atomic E-state index is 0.738. The summed E-state index contributed by atoms with van der Waals surface area (Å²) in [6, 6.07) is 17.5. The van der Waals surface area contributed by atoms with Gasteiger partial charge in [-0.05, 0) is 79.0 Å². The van der Waals surface area contributed by atoms with Crippen molar-refractivity contribution in [1.29, 1.82) is 0 Å². The number of benzene rings is 2. The predicted molar refractivity (Wildman–Crippen MR) is 135 cm³/mol. The zero-order valence-electron chi connectivity index (χ0n) is 19.2. The summed E-state index contributed by atoms with van der Waals surface area (Å²) < 4.78 is 0. The molecule has 0 unspecified atom stereocenters. The molecule has 0 atom stereocenters. The number of allylic oxidation sites excluding steroid dienone is 1. The van der Waals surface area contributed by atoms with Gasteiger partial charge in [-0.1, -0.05) is 80.8 Å². The van der Waals surface area contributed by atoms with Crippen LogP contribution in [0.25, 0.3) is 0 Å². The van der Waals surface area contributed by atoms with E-state index in [1.54, 1.807) is 0 Å². The van der Waals surface area contributed by atoms with Gasteiger partial charge in [-0.3, -0.25) is 0 Å². The Kier molecular flexibility index (Phi) is 9.76. The van der Waals surface area contributed by atoms with Gasteiger partial charge in [0.05, 0.1) is 12.4 Å². The van der Waals surface area contributed by atoms with E-state index >= 15 is 0 Å². The molecule has 1 saturated carbocycles. The molecule has 0 saturated heterocycles. The van der Waals surface area contributed by atoms with Crippen LogP contribution in [0.3, 0.4) is 0 Å². The highest BCUT2D eigenvalue weighted by molar-refractivity contribution is 5.82. The van der Waals surface area contributed by atoms with Crippen molar-refractivity contribution in [2.24, 2.45) is 16.1 Å². The minimum Gasteiger partial charge on any atom is -0.159 e. The molecule has 0 bridgehead atoms. The van der Waals surface area contributed by atoms with Crippen LogP contribution in [0.2, 0.25) is 0 Å². The molecule has 0 heterocycles. The van der Waals surface area contributed by atoms with Crippen molar-refractivity contribution in [2.45, 2.75) is 77.0 Å². The van der Waals surface area contributed by atoms with Crippen LogP contribution in [0, 0.1) is 5.92 Å². The van der Waals surface area contributed by atoms with Crippen LogP contribution in [0.4, 0.5) is 0 Å². The Labute approximate surface area is 189 Å². The van der Waals surface area contributed by atoms with E-state index in [1.165, 1.54) is 56.1 Å². The average molecular weight is 415 g/mol. The SMILES string of the molecule is C=CCCCc1ccc(/C=N/N=C/c2ccc(C3CCC(CCCC)CC3)cc2)cc1. The summed E-state index contributed by atoms with van der Waals surface area (Å²) >= 11 is 0. The first-order chi connectivity index (χ1) is 15.3. The molecule has 2 heteroatoms. The second kappa shape index (κ2) is 13.0. The smallest absolute Gasteiger partial charge is 0.0568 e. The molecule has 0 spiro atoms. The van der Waals surface area contributed by atoms with Gasteiger partial charge in [0.2, 0.25) is 0 Å². The van der Waals surface area contributed by atoms with Gasteiger partial charge in [-0.15, -0.1) is 6.58 Å². The zero-order valence-corrected chi connectivity index (χ0v) is 19.2. The first-order valence-corrected chi connectivity index (χ1v) is 12.1. The van der Waals surface area contributed by atoms with Crippen molar-refractivity contribution >= 4 is 12.4 Å². The van der Waals surface area contributed by atoms with E-state index in [0.717, 1.165) is 42.2 Å². The van der Waals surface area contributed by atoms with E-state index in [9.17, 15) is 0 Å². The molecule has 0 aliphatic heterocycles. The first kappa shape index (κ1) is 23.2. The van der Waals surface area contributed by atoms with Gasteiger partial charge in [-0.2, -0.15) is 10.2 Å². The second-order valence-corrected chi connectivity index (χ2v) is 8.94. The molecule has 0 amide bonds. The Bertz CT molecular complexity index is 822. The summed E-state index contributed by atoms with van der Waals surface area (Å²) in [4.78, 5) is 0. The topological polar surface area (TPSA) is 24.7 Å². The quantitative estimate of drug-likeness (QED) is 0.153. The molecule has 0 N–H and O–H groups in total. The third-order valence-corrected chi connectivity index (χ3v) is 6.55. The highest BCUT2D eigenvalue weighted by Crippen LogP contribution is 2.37. The minimum absolute atomic E-state index is 0.738. The maximum Gasteiger partial charge on any atom is 0.0568 e. The fourth-order valence-corrected chi connectivity index (χ4v) is 4.55. The molecular weight excluding hydrogens is 376 g/mol. The van der Waals surface area contributed by atoms with Crippen molar-refractivity contribution in [3.05, 3.63) is 83.4 Å². The molecule has 2 nitrogen and oxygen atoms in total. The van der Waals surface area contributed by atoms with E-state index in [-0.39, 0.29) is 0 Å². The Morgan fingerprint density at radius 2 is 1.45 bits per heavy atom. The van der Waals surface area contributed by atoms with Crippen LogP contribution >= 0.6 is 0 Å². The third kappa shape index (κ3) is 7.94. The van der Waals surface area contributed by atoms with Crippen LogP contribution in [0.5, 0.6) is 0 Å². The van der Waals surface area contributed by atoms with Crippen LogP contribution in [0.1, 0.15) is 92.9 Å².